The van der Waals surface area contributed by atoms with Gasteiger partial charge in [0.05, 0.1) is 0 Å². The Bertz CT molecular complexity index is 452. The number of hydrogen-bond acceptors (Lipinski definition) is 2. The summed E-state index contributed by atoms with van der Waals surface area (Å²) in [5.74, 6) is -0.354. The van der Waals surface area contributed by atoms with Gasteiger partial charge in [-0.1, -0.05) is 24.1 Å². The van der Waals surface area contributed by atoms with Crippen molar-refractivity contribution in [3.63, 3.8) is 0 Å². The van der Waals surface area contributed by atoms with E-state index in [1.54, 1.807) is 12.1 Å². The van der Waals surface area contributed by atoms with Crippen LogP contribution in [0.15, 0.2) is 18.2 Å². The van der Waals surface area contributed by atoms with Crippen LogP contribution in [-0.4, -0.2) is 12.3 Å². The van der Waals surface area contributed by atoms with Crippen molar-refractivity contribution in [1.82, 2.24) is 0 Å². The van der Waals surface area contributed by atoms with Gasteiger partial charge in [-0.2, -0.15) is 0 Å². The van der Waals surface area contributed by atoms with Gasteiger partial charge in [0.25, 0.3) is 0 Å². The smallest absolute Gasteiger partial charge is 0.137 e. The van der Waals surface area contributed by atoms with Crippen molar-refractivity contribution in [1.29, 1.82) is 0 Å². The molecule has 2 N–H and O–H groups in total. The van der Waals surface area contributed by atoms with E-state index in [4.69, 9.17) is 17.3 Å². The summed E-state index contributed by atoms with van der Waals surface area (Å²) in [5, 5.41) is 0.348. The lowest BCUT2D eigenvalue weighted by molar-refractivity contribution is -0.122. The van der Waals surface area contributed by atoms with Gasteiger partial charge >= 0.3 is 0 Å². The quantitative estimate of drug-likeness (QED) is 0.893. The van der Waals surface area contributed by atoms with Crippen molar-refractivity contribution < 1.29 is 9.18 Å². The first-order valence-corrected chi connectivity index (χ1v) is 6.58. The Balaban J connectivity index is 1.98. The van der Waals surface area contributed by atoms with Crippen LogP contribution in [0.4, 0.5) is 4.39 Å². The van der Waals surface area contributed by atoms with E-state index in [1.165, 1.54) is 6.07 Å². The van der Waals surface area contributed by atoms with Gasteiger partial charge in [-0.3, -0.25) is 4.79 Å². The van der Waals surface area contributed by atoms with Crippen molar-refractivity contribution in [2.75, 3.05) is 6.54 Å². The lowest BCUT2D eigenvalue weighted by Crippen LogP contribution is -2.39. The fourth-order valence-electron chi connectivity index (χ4n) is 2.49. The maximum atomic E-state index is 13.6. The van der Waals surface area contributed by atoms with Crippen LogP contribution in [0.25, 0.3) is 0 Å². The van der Waals surface area contributed by atoms with Crippen molar-refractivity contribution in [2.45, 2.75) is 32.1 Å². The lowest BCUT2D eigenvalue weighted by atomic mass is 9.65. The van der Waals surface area contributed by atoms with Crippen molar-refractivity contribution in [3.05, 3.63) is 34.6 Å². The van der Waals surface area contributed by atoms with Crippen LogP contribution in [0.1, 0.15) is 31.2 Å². The first-order chi connectivity index (χ1) is 8.54. The van der Waals surface area contributed by atoms with E-state index in [1.807, 2.05) is 0 Å². The largest absolute Gasteiger partial charge is 0.330 e. The van der Waals surface area contributed by atoms with E-state index < -0.39 is 5.82 Å². The highest BCUT2D eigenvalue weighted by molar-refractivity contribution is 6.30. The van der Waals surface area contributed by atoms with Gasteiger partial charge in [0.2, 0.25) is 0 Å². The summed E-state index contributed by atoms with van der Waals surface area (Å²) in [6.45, 7) is 0.543. The highest BCUT2D eigenvalue weighted by atomic mass is 35.5. The van der Waals surface area contributed by atoms with E-state index in [9.17, 15) is 9.18 Å². The van der Waals surface area contributed by atoms with Gasteiger partial charge in [0.1, 0.15) is 11.6 Å². The third-order valence-electron chi connectivity index (χ3n) is 3.82. The van der Waals surface area contributed by atoms with E-state index in [0.29, 0.717) is 23.6 Å². The summed E-state index contributed by atoms with van der Waals surface area (Å²) in [5.41, 5.74) is 6.12. The molecule has 0 saturated heterocycles. The number of hydrogen-bond donors (Lipinski definition) is 1. The number of carbonyl (C=O) groups excluding carboxylic acids is 1. The Morgan fingerprint density at radius 2 is 2.17 bits per heavy atom. The van der Waals surface area contributed by atoms with Crippen molar-refractivity contribution in [2.24, 2.45) is 11.1 Å². The van der Waals surface area contributed by atoms with Crippen LogP contribution < -0.4 is 5.73 Å². The van der Waals surface area contributed by atoms with Gasteiger partial charge in [0.15, 0.2) is 0 Å². The molecule has 0 bridgehead atoms. The molecular formula is C14H17ClFNO. The monoisotopic (exact) mass is 269 g/mol. The Hall–Kier alpha value is -0.930. The Morgan fingerprint density at radius 3 is 2.67 bits per heavy atom. The molecule has 0 amide bonds. The van der Waals surface area contributed by atoms with Crippen LogP contribution in [0.5, 0.6) is 0 Å². The number of ketones is 1. The molecule has 0 aliphatic heterocycles. The minimum atomic E-state index is -0.411. The predicted molar refractivity (Wildman–Crippen MR) is 70.1 cm³/mol. The second kappa shape index (κ2) is 5.37. The molecule has 0 unspecified atom stereocenters. The molecule has 1 aromatic rings. The van der Waals surface area contributed by atoms with Gasteiger partial charge < -0.3 is 5.73 Å². The molecule has 0 heterocycles. The minimum Gasteiger partial charge on any atom is -0.330 e. The summed E-state index contributed by atoms with van der Waals surface area (Å²) in [4.78, 5) is 12.0. The van der Waals surface area contributed by atoms with Gasteiger partial charge in [-0.15, -0.1) is 0 Å². The zero-order valence-electron chi connectivity index (χ0n) is 10.2. The van der Waals surface area contributed by atoms with Crippen molar-refractivity contribution in [3.8, 4) is 0 Å². The number of benzene rings is 1. The van der Waals surface area contributed by atoms with Crippen LogP contribution in [0.3, 0.4) is 0 Å². The molecule has 1 fully saturated rings. The van der Waals surface area contributed by atoms with Crippen molar-refractivity contribution >= 4 is 17.4 Å². The summed E-state index contributed by atoms with van der Waals surface area (Å²) in [6, 6.07) is 4.42. The highest BCUT2D eigenvalue weighted by Gasteiger charge is 2.37. The summed E-state index contributed by atoms with van der Waals surface area (Å²) in [7, 11) is 0. The maximum Gasteiger partial charge on any atom is 0.137 e. The molecule has 2 nitrogen and oxygen atoms in total. The van der Waals surface area contributed by atoms with E-state index in [0.717, 1.165) is 19.3 Å². The predicted octanol–water partition coefficient (Wildman–Crippen LogP) is 3.11. The topological polar surface area (TPSA) is 43.1 Å². The standard InChI is InChI=1S/C14H17ClFNO/c15-11-3-2-10(13(16)7-11)6-12(18)8-14(9-17)4-1-5-14/h2-3,7H,1,4-6,8-9,17H2. The molecule has 2 rings (SSSR count). The molecule has 1 saturated carbocycles. The molecule has 1 aliphatic carbocycles. The average molecular weight is 270 g/mol. The van der Waals surface area contributed by atoms with Gasteiger partial charge in [-0.25, -0.2) is 4.39 Å². The molecule has 0 spiro atoms. The molecule has 98 valence electrons. The first-order valence-electron chi connectivity index (χ1n) is 6.20. The maximum absolute atomic E-state index is 13.6. The summed E-state index contributed by atoms with van der Waals surface area (Å²) < 4.78 is 13.6. The summed E-state index contributed by atoms with van der Waals surface area (Å²) in [6.07, 6.45) is 3.76. The molecule has 0 atom stereocenters. The van der Waals surface area contributed by atoms with Crippen LogP contribution in [0.2, 0.25) is 5.02 Å². The fourth-order valence-corrected chi connectivity index (χ4v) is 2.65. The molecular weight excluding hydrogens is 253 g/mol. The number of halogens is 2. The fraction of sp³-hybridized carbons (Fsp3) is 0.500. The van der Waals surface area contributed by atoms with Gasteiger partial charge in [0, 0.05) is 17.9 Å². The molecule has 4 heteroatoms. The zero-order chi connectivity index (χ0) is 13.2. The number of Topliss-reactive ketones (excluding diaryl/α,β-unsaturated/α-hetero) is 1. The second-order valence-corrected chi connectivity index (χ2v) is 5.62. The molecule has 1 aliphatic rings. The van der Waals surface area contributed by atoms with E-state index in [-0.39, 0.29) is 17.6 Å². The Morgan fingerprint density at radius 1 is 1.44 bits per heavy atom. The normalized spacial score (nSPS) is 17.3. The third kappa shape index (κ3) is 2.90. The van der Waals surface area contributed by atoms with E-state index in [2.05, 4.69) is 0 Å². The molecule has 18 heavy (non-hydrogen) atoms. The lowest BCUT2D eigenvalue weighted by Gasteiger charge is -2.40. The van der Waals surface area contributed by atoms with Crippen LogP contribution >= 0.6 is 11.6 Å². The third-order valence-corrected chi connectivity index (χ3v) is 4.06. The zero-order valence-corrected chi connectivity index (χ0v) is 11.0. The highest BCUT2D eigenvalue weighted by Crippen LogP contribution is 2.43. The first kappa shape index (κ1) is 13.5. The molecule has 1 aromatic carbocycles. The Kier molecular flexibility index (Phi) is 4.03. The minimum absolute atomic E-state index is 0.0139. The Labute approximate surface area is 111 Å². The number of carbonyl (C=O) groups is 1. The number of nitrogens with two attached hydrogens (primary N) is 1. The van der Waals surface area contributed by atoms with Gasteiger partial charge in [-0.05, 0) is 42.5 Å². The van der Waals surface area contributed by atoms with Crippen LogP contribution in [0, 0.1) is 11.2 Å². The average Bonchev–Trinajstić information content (AvgIpc) is 2.27. The van der Waals surface area contributed by atoms with Crippen LogP contribution in [-0.2, 0) is 11.2 Å². The second-order valence-electron chi connectivity index (χ2n) is 5.19. The SMILES string of the molecule is NCC1(CC(=O)Cc2ccc(Cl)cc2F)CCC1. The van der Waals surface area contributed by atoms with E-state index >= 15 is 0 Å². The molecule has 0 radical (unpaired) electrons. The summed E-state index contributed by atoms with van der Waals surface area (Å²) >= 11 is 5.67. The number of rotatable bonds is 5. The molecule has 0 aromatic heterocycles.